The van der Waals surface area contributed by atoms with Gasteiger partial charge in [-0.25, -0.2) is 0 Å². The van der Waals surface area contributed by atoms with Gasteiger partial charge in [0.2, 0.25) is 0 Å². The van der Waals surface area contributed by atoms with Gasteiger partial charge >= 0.3 is 0 Å². The highest BCUT2D eigenvalue weighted by molar-refractivity contribution is 9.10. The summed E-state index contributed by atoms with van der Waals surface area (Å²) < 4.78 is 1.29. The zero-order valence-corrected chi connectivity index (χ0v) is 16.3. The molecule has 3 heteroatoms. The zero-order valence-electron chi connectivity index (χ0n) is 13.9. The van der Waals surface area contributed by atoms with Gasteiger partial charge in [-0.1, -0.05) is 27.7 Å². The van der Waals surface area contributed by atoms with Crippen molar-refractivity contribution in [1.29, 1.82) is 0 Å². The Morgan fingerprint density at radius 3 is 2.38 bits per heavy atom. The summed E-state index contributed by atoms with van der Waals surface area (Å²) in [6, 6.07) is 0.534. The third kappa shape index (κ3) is 4.56. The van der Waals surface area contributed by atoms with E-state index >= 15 is 0 Å². The Hall–Kier alpha value is 0.140. The first-order valence-corrected chi connectivity index (χ1v) is 10.1. The minimum atomic E-state index is 0.472. The molecule has 1 aromatic heterocycles. The van der Waals surface area contributed by atoms with E-state index in [1.807, 2.05) is 11.3 Å². The van der Waals surface area contributed by atoms with Crippen molar-refractivity contribution < 1.29 is 0 Å². The average Bonchev–Trinajstić information content (AvgIpc) is 2.85. The SMILES string of the molecule is CCCNC(c1cscc1Br)C1CCC(C(C)(C)C)CC1. The molecule has 1 fully saturated rings. The molecule has 1 aromatic rings. The molecule has 1 N–H and O–H groups in total. The van der Waals surface area contributed by atoms with E-state index in [1.165, 1.54) is 42.1 Å². The van der Waals surface area contributed by atoms with Gasteiger partial charge in [-0.05, 0) is 82.8 Å². The first kappa shape index (κ1) is 17.5. The van der Waals surface area contributed by atoms with E-state index in [1.54, 1.807) is 0 Å². The van der Waals surface area contributed by atoms with Crippen LogP contribution in [0.4, 0.5) is 0 Å². The minimum absolute atomic E-state index is 0.472. The second-order valence-electron chi connectivity index (χ2n) is 7.58. The molecule has 0 spiro atoms. The van der Waals surface area contributed by atoms with E-state index in [4.69, 9.17) is 0 Å². The third-order valence-electron chi connectivity index (χ3n) is 5.06. The van der Waals surface area contributed by atoms with Crippen molar-refractivity contribution in [1.82, 2.24) is 5.32 Å². The standard InChI is InChI=1S/C18H30BrNS/c1-5-10-20-17(15-11-21-12-16(15)19)13-6-8-14(9-7-13)18(2,3)4/h11-14,17,20H,5-10H2,1-4H3. The van der Waals surface area contributed by atoms with Crippen LogP contribution in [0.5, 0.6) is 0 Å². The van der Waals surface area contributed by atoms with Crippen LogP contribution < -0.4 is 5.32 Å². The predicted octanol–water partition coefficient (Wildman–Crippen LogP) is 6.40. The number of halogens is 1. The molecule has 1 aliphatic rings. The molecule has 120 valence electrons. The van der Waals surface area contributed by atoms with Crippen LogP contribution in [0.1, 0.15) is 71.4 Å². The Morgan fingerprint density at radius 1 is 1.24 bits per heavy atom. The fraction of sp³-hybridized carbons (Fsp3) is 0.778. The van der Waals surface area contributed by atoms with Gasteiger partial charge in [0.1, 0.15) is 0 Å². The van der Waals surface area contributed by atoms with E-state index in [-0.39, 0.29) is 0 Å². The summed E-state index contributed by atoms with van der Waals surface area (Å²) in [6.07, 6.45) is 6.72. The molecule has 0 aromatic carbocycles. The van der Waals surface area contributed by atoms with Gasteiger partial charge in [0.25, 0.3) is 0 Å². The summed E-state index contributed by atoms with van der Waals surface area (Å²) in [5, 5.41) is 8.36. The van der Waals surface area contributed by atoms with Crippen LogP contribution in [-0.2, 0) is 0 Å². The van der Waals surface area contributed by atoms with Crippen LogP contribution in [0.25, 0.3) is 0 Å². The highest BCUT2D eigenvalue weighted by Gasteiger charge is 2.33. The number of rotatable bonds is 5. The average molecular weight is 372 g/mol. The molecule has 0 saturated heterocycles. The minimum Gasteiger partial charge on any atom is -0.310 e. The number of thiophene rings is 1. The summed E-state index contributed by atoms with van der Waals surface area (Å²) in [7, 11) is 0. The van der Waals surface area contributed by atoms with Gasteiger partial charge in [-0.2, -0.15) is 11.3 Å². The lowest BCUT2D eigenvalue weighted by Crippen LogP contribution is -2.34. The van der Waals surface area contributed by atoms with Gasteiger partial charge in [-0.3, -0.25) is 0 Å². The van der Waals surface area contributed by atoms with E-state index in [0.717, 1.165) is 18.4 Å². The third-order valence-corrected chi connectivity index (χ3v) is 6.81. The van der Waals surface area contributed by atoms with Gasteiger partial charge in [-0.15, -0.1) is 0 Å². The topological polar surface area (TPSA) is 12.0 Å². The normalized spacial score (nSPS) is 25.0. The molecular weight excluding hydrogens is 342 g/mol. The molecule has 1 aliphatic carbocycles. The van der Waals surface area contributed by atoms with E-state index < -0.39 is 0 Å². The maximum Gasteiger partial charge on any atom is 0.0368 e. The number of hydrogen-bond acceptors (Lipinski definition) is 2. The summed E-state index contributed by atoms with van der Waals surface area (Å²) >= 11 is 5.55. The quantitative estimate of drug-likeness (QED) is 0.630. The summed E-state index contributed by atoms with van der Waals surface area (Å²) in [4.78, 5) is 0. The number of nitrogens with one attached hydrogen (secondary N) is 1. The van der Waals surface area contributed by atoms with E-state index in [9.17, 15) is 0 Å². The van der Waals surface area contributed by atoms with Crippen molar-refractivity contribution in [3.8, 4) is 0 Å². The summed E-state index contributed by atoms with van der Waals surface area (Å²) in [6.45, 7) is 10.6. The molecule has 1 unspecified atom stereocenters. The van der Waals surface area contributed by atoms with Gasteiger partial charge in [0.15, 0.2) is 0 Å². The predicted molar refractivity (Wildman–Crippen MR) is 98.0 cm³/mol. The van der Waals surface area contributed by atoms with Crippen LogP contribution in [-0.4, -0.2) is 6.54 Å². The molecule has 1 nitrogen and oxygen atoms in total. The first-order chi connectivity index (χ1) is 9.93. The van der Waals surface area contributed by atoms with Crippen molar-refractivity contribution in [2.75, 3.05) is 6.54 Å². The Bertz CT molecular complexity index is 427. The lowest BCUT2D eigenvalue weighted by Gasteiger charge is -2.39. The van der Waals surface area contributed by atoms with Crippen molar-refractivity contribution >= 4 is 27.3 Å². The van der Waals surface area contributed by atoms with Crippen molar-refractivity contribution in [2.24, 2.45) is 17.3 Å². The van der Waals surface area contributed by atoms with Crippen molar-refractivity contribution in [3.05, 3.63) is 20.8 Å². The molecule has 1 atom stereocenters. The highest BCUT2D eigenvalue weighted by atomic mass is 79.9. The molecular formula is C18H30BrNS. The molecule has 0 aliphatic heterocycles. The second kappa shape index (κ2) is 7.61. The van der Waals surface area contributed by atoms with Gasteiger partial charge in [0.05, 0.1) is 0 Å². The molecule has 1 heterocycles. The van der Waals surface area contributed by atoms with Crippen LogP contribution in [0.2, 0.25) is 0 Å². The van der Waals surface area contributed by atoms with Crippen molar-refractivity contribution in [3.63, 3.8) is 0 Å². The second-order valence-corrected chi connectivity index (χ2v) is 9.18. The molecule has 0 amide bonds. The largest absolute Gasteiger partial charge is 0.310 e. The Morgan fingerprint density at radius 2 is 1.90 bits per heavy atom. The Labute approximate surface area is 143 Å². The zero-order chi connectivity index (χ0) is 15.5. The summed E-state index contributed by atoms with van der Waals surface area (Å²) in [5.41, 5.74) is 1.95. The first-order valence-electron chi connectivity index (χ1n) is 8.38. The van der Waals surface area contributed by atoms with Crippen LogP contribution in [0.3, 0.4) is 0 Å². The van der Waals surface area contributed by atoms with Crippen molar-refractivity contribution in [2.45, 2.75) is 65.8 Å². The maximum absolute atomic E-state index is 3.81. The smallest absolute Gasteiger partial charge is 0.0368 e. The highest BCUT2D eigenvalue weighted by Crippen LogP contribution is 2.44. The lowest BCUT2D eigenvalue weighted by molar-refractivity contribution is 0.132. The van der Waals surface area contributed by atoms with Crippen LogP contribution in [0, 0.1) is 17.3 Å². The van der Waals surface area contributed by atoms with Gasteiger partial charge < -0.3 is 5.32 Å². The molecule has 2 rings (SSSR count). The van der Waals surface area contributed by atoms with Crippen LogP contribution in [0.15, 0.2) is 15.2 Å². The monoisotopic (exact) mass is 371 g/mol. The Kier molecular flexibility index (Phi) is 6.34. The molecule has 1 saturated carbocycles. The fourth-order valence-electron chi connectivity index (χ4n) is 3.66. The van der Waals surface area contributed by atoms with Gasteiger partial charge in [0, 0.05) is 15.9 Å². The van der Waals surface area contributed by atoms with E-state index in [0.29, 0.717) is 11.5 Å². The number of hydrogen-bond donors (Lipinski definition) is 1. The summed E-state index contributed by atoms with van der Waals surface area (Å²) in [5.74, 6) is 1.69. The Balaban J connectivity index is 2.04. The maximum atomic E-state index is 3.81. The fourth-order valence-corrected chi connectivity index (χ4v) is 5.24. The molecule has 0 radical (unpaired) electrons. The molecule has 0 bridgehead atoms. The van der Waals surface area contributed by atoms with Crippen LogP contribution >= 0.6 is 27.3 Å². The lowest BCUT2D eigenvalue weighted by atomic mass is 9.68. The molecule has 21 heavy (non-hydrogen) atoms. The van der Waals surface area contributed by atoms with E-state index in [2.05, 4.69) is 59.7 Å².